The molecule has 1 saturated carbocycles. The van der Waals surface area contributed by atoms with Crippen molar-refractivity contribution in [2.45, 2.75) is 38.0 Å². The van der Waals surface area contributed by atoms with Crippen molar-refractivity contribution in [2.24, 2.45) is 5.92 Å². The summed E-state index contributed by atoms with van der Waals surface area (Å²) in [6, 6.07) is 8.28. The molecule has 8 nitrogen and oxygen atoms in total. The highest BCUT2D eigenvalue weighted by Gasteiger charge is 2.32. The van der Waals surface area contributed by atoms with E-state index >= 15 is 0 Å². The first-order valence-corrected chi connectivity index (χ1v) is 10.7. The average molecular weight is 479 g/mol. The molecule has 1 aliphatic carbocycles. The maximum absolute atomic E-state index is 12.5. The molecule has 11 heteroatoms. The van der Waals surface area contributed by atoms with Crippen LogP contribution in [0.25, 0.3) is 0 Å². The van der Waals surface area contributed by atoms with Crippen molar-refractivity contribution in [3.8, 4) is 5.75 Å². The van der Waals surface area contributed by atoms with Gasteiger partial charge < -0.3 is 20.5 Å². The number of carbonyl (C=O) groups excluding carboxylic acids is 2. The van der Waals surface area contributed by atoms with E-state index in [0.717, 1.165) is 18.3 Å². The molecule has 2 aromatic rings. The monoisotopic (exact) mass is 479 g/mol. The van der Waals surface area contributed by atoms with Gasteiger partial charge in [-0.25, -0.2) is 0 Å². The SMILES string of the molecule is O=C(NCCNC(=O)c1ccc(C(F)(F)F)nc1)c1ccc(O[C@H]2CC[C@@H](C(=O)O)CC2)cc1. The van der Waals surface area contributed by atoms with Crippen molar-refractivity contribution < 1.29 is 37.4 Å². The molecule has 2 amide bonds. The summed E-state index contributed by atoms with van der Waals surface area (Å²) in [6.45, 7) is 0.190. The summed E-state index contributed by atoms with van der Waals surface area (Å²) < 4.78 is 43.4. The molecule has 1 fully saturated rings. The Labute approximate surface area is 193 Å². The summed E-state index contributed by atoms with van der Waals surface area (Å²) in [6.07, 6.45) is -1.32. The molecule has 1 heterocycles. The first kappa shape index (κ1) is 25.0. The molecule has 1 aromatic heterocycles. The number of halogens is 3. The molecule has 0 atom stereocenters. The number of carbonyl (C=O) groups is 3. The zero-order chi connectivity index (χ0) is 24.7. The largest absolute Gasteiger partial charge is 0.490 e. The van der Waals surface area contributed by atoms with Gasteiger partial charge in [0.05, 0.1) is 17.6 Å². The molecule has 0 bridgehead atoms. The quantitative estimate of drug-likeness (QED) is 0.500. The van der Waals surface area contributed by atoms with Crippen LogP contribution in [0.1, 0.15) is 52.1 Å². The van der Waals surface area contributed by atoms with Gasteiger partial charge in [-0.1, -0.05) is 0 Å². The fourth-order valence-corrected chi connectivity index (χ4v) is 3.56. The van der Waals surface area contributed by atoms with Gasteiger partial charge in [0.15, 0.2) is 0 Å². The number of benzene rings is 1. The number of hydrogen-bond donors (Lipinski definition) is 3. The van der Waals surface area contributed by atoms with Gasteiger partial charge in [0.2, 0.25) is 0 Å². The number of carboxylic acid groups (broad SMARTS) is 1. The highest BCUT2D eigenvalue weighted by molar-refractivity contribution is 5.95. The molecule has 3 N–H and O–H groups in total. The Kier molecular flexibility index (Phi) is 8.08. The zero-order valence-electron chi connectivity index (χ0n) is 18.1. The maximum Gasteiger partial charge on any atom is 0.433 e. The summed E-state index contributed by atoms with van der Waals surface area (Å²) >= 11 is 0. The van der Waals surface area contributed by atoms with Crippen LogP contribution < -0.4 is 15.4 Å². The Bertz CT molecular complexity index is 1000. The summed E-state index contributed by atoms with van der Waals surface area (Å²) in [5.74, 6) is -1.46. The van der Waals surface area contributed by atoms with Crippen LogP contribution in [0.15, 0.2) is 42.6 Å². The van der Waals surface area contributed by atoms with Crippen LogP contribution >= 0.6 is 0 Å². The lowest BCUT2D eigenvalue weighted by Crippen LogP contribution is -2.34. The number of ether oxygens (including phenoxy) is 1. The van der Waals surface area contributed by atoms with E-state index in [0.29, 0.717) is 37.0 Å². The molecule has 0 spiro atoms. The molecule has 34 heavy (non-hydrogen) atoms. The number of aromatic nitrogens is 1. The first-order valence-electron chi connectivity index (χ1n) is 10.7. The minimum absolute atomic E-state index is 0.0219. The summed E-state index contributed by atoms with van der Waals surface area (Å²) in [5.41, 5.74) is -0.718. The van der Waals surface area contributed by atoms with E-state index in [1.165, 1.54) is 0 Å². The standard InChI is InChI=1S/C23H24F3N3O5/c24-23(25,26)19-10-5-16(13-29-19)21(31)28-12-11-27-20(30)14-1-6-17(7-2-14)34-18-8-3-15(4-9-18)22(32)33/h1-2,5-7,10,13,15,18H,3-4,8-9,11-12H2,(H,27,30)(H,28,31)(H,32,33)/t15-,18+. The van der Waals surface area contributed by atoms with Gasteiger partial charge in [0.25, 0.3) is 11.8 Å². The fourth-order valence-electron chi connectivity index (χ4n) is 3.56. The van der Waals surface area contributed by atoms with Crippen LogP contribution in [0.2, 0.25) is 0 Å². The summed E-state index contributed by atoms with van der Waals surface area (Å²) in [4.78, 5) is 38.5. The van der Waals surface area contributed by atoms with E-state index in [1.807, 2.05) is 0 Å². The number of amides is 2. The number of nitrogens with one attached hydrogen (secondary N) is 2. The van der Waals surface area contributed by atoms with E-state index in [-0.39, 0.29) is 36.6 Å². The third-order valence-corrected chi connectivity index (χ3v) is 5.45. The van der Waals surface area contributed by atoms with Crippen molar-refractivity contribution in [1.82, 2.24) is 15.6 Å². The second-order valence-corrected chi connectivity index (χ2v) is 7.90. The Hall–Kier alpha value is -3.63. The van der Waals surface area contributed by atoms with E-state index in [2.05, 4.69) is 15.6 Å². The lowest BCUT2D eigenvalue weighted by atomic mass is 9.87. The molecule has 0 radical (unpaired) electrons. The summed E-state index contributed by atoms with van der Waals surface area (Å²) in [7, 11) is 0. The molecular weight excluding hydrogens is 455 g/mol. The number of rotatable bonds is 8. The first-order chi connectivity index (χ1) is 16.1. The van der Waals surface area contributed by atoms with Crippen molar-refractivity contribution in [3.63, 3.8) is 0 Å². The smallest absolute Gasteiger partial charge is 0.433 e. The van der Waals surface area contributed by atoms with Crippen LogP contribution in [0.3, 0.4) is 0 Å². The Morgan fingerprint density at radius 1 is 0.912 bits per heavy atom. The molecule has 0 aliphatic heterocycles. The Morgan fingerprint density at radius 2 is 1.47 bits per heavy atom. The van der Waals surface area contributed by atoms with Crippen LogP contribution in [0, 0.1) is 5.92 Å². The molecule has 1 aromatic carbocycles. The fraction of sp³-hybridized carbons (Fsp3) is 0.391. The zero-order valence-corrected chi connectivity index (χ0v) is 18.1. The van der Waals surface area contributed by atoms with Crippen LogP contribution in [-0.2, 0) is 11.0 Å². The van der Waals surface area contributed by atoms with Crippen molar-refractivity contribution in [3.05, 3.63) is 59.4 Å². The van der Waals surface area contributed by atoms with Gasteiger partial charge in [-0.2, -0.15) is 13.2 Å². The molecular formula is C23H24F3N3O5. The lowest BCUT2D eigenvalue weighted by molar-refractivity contribution is -0.143. The molecule has 1 aliphatic rings. The Morgan fingerprint density at radius 3 is 1.97 bits per heavy atom. The van der Waals surface area contributed by atoms with Crippen molar-refractivity contribution >= 4 is 17.8 Å². The van der Waals surface area contributed by atoms with Gasteiger partial charge in [-0.15, -0.1) is 0 Å². The maximum atomic E-state index is 12.5. The second-order valence-electron chi connectivity index (χ2n) is 7.90. The van der Waals surface area contributed by atoms with Crippen LogP contribution in [0.5, 0.6) is 5.75 Å². The Balaban J connectivity index is 1.39. The number of hydrogen-bond acceptors (Lipinski definition) is 5. The minimum atomic E-state index is -4.58. The third-order valence-electron chi connectivity index (χ3n) is 5.45. The second kappa shape index (κ2) is 11.0. The topological polar surface area (TPSA) is 118 Å². The third kappa shape index (κ3) is 6.93. The summed E-state index contributed by atoms with van der Waals surface area (Å²) in [5, 5.41) is 14.2. The normalized spacial score (nSPS) is 18.1. The number of aliphatic carboxylic acids is 1. The van der Waals surface area contributed by atoms with Gasteiger partial charge >= 0.3 is 12.1 Å². The number of pyridine rings is 1. The van der Waals surface area contributed by atoms with Crippen molar-refractivity contribution in [1.29, 1.82) is 0 Å². The van der Waals surface area contributed by atoms with E-state index < -0.39 is 23.7 Å². The lowest BCUT2D eigenvalue weighted by Gasteiger charge is -2.26. The highest BCUT2D eigenvalue weighted by atomic mass is 19.4. The average Bonchev–Trinajstić information content (AvgIpc) is 2.82. The predicted octanol–water partition coefficient (Wildman–Crippen LogP) is 3.28. The van der Waals surface area contributed by atoms with E-state index in [1.54, 1.807) is 24.3 Å². The molecule has 0 saturated heterocycles. The number of alkyl halides is 3. The number of carboxylic acids is 1. The predicted molar refractivity (Wildman–Crippen MR) is 114 cm³/mol. The van der Waals surface area contributed by atoms with Crippen LogP contribution in [-0.4, -0.2) is 47.1 Å². The van der Waals surface area contributed by atoms with Gasteiger partial charge in [-0.05, 0) is 62.1 Å². The molecule has 3 rings (SSSR count). The molecule has 182 valence electrons. The van der Waals surface area contributed by atoms with Gasteiger partial charge in [0, 0.05) is 24.8 Å². The van der Waals surface area contributed by atoms with Gasteiger partial charge in [0.1, 0.15) is 11.4 Å². The molecule has 0 unspecified atom stereocenters. The highest BCUT2D eigenvalue weighted by Crippen LogP contribution is 2.28. The van der Waals surface area contributed by atoms with Gasteiger partial charge in [-0.3, -0.25) is 19.4 Å². The van der Waals surface area contributed by atoms with E-state index in [4.69, 9.17) is 9.84 Å². The van der Waals surface area contributed by atoms with Crippen LogP contribution in [0.4, 0.5) is 13.2 Å². The van der Waals surface area contributed by atoms with E-state index in [9.17, 15) is 27.6 Å². The number of nitrogens with zero attached hydrogens (tertiary/aromatic N) is 1. The van der Waals surface area contributed by atoms with Crippen molar-refractivity contribution in [2.75, 3.05) is 13.1 Å². The minimum Gasteiger partial charge on any atom is -0.490 e.